The van der Waals surface area contributed by atoms with E-state index in [0.717, 1.165) is 0 Å². The first-order valence-electron chi connectivity index (χ1n) is 4.25. The summed E-state index contributed by atoms with van der Waals surface area (Å²) in [5, 5.41) is 9.50. The quantitative estimate of drug-likeness (QED) is 0.646. The molecule has 0 aromatic heterocycles. The van der Waals surface area contributed by atoms with Gasteiger partial charge in [0.1, 0.15) is 5.75 Å². The number of benzene rings is 1. The van der Waals surface area contributed by atoms with E-state index >= 15 is 0 Å². The van der Waals surface area contributed by atoms with Gasteiger partial charge in [-0.2, -0.15) is 0 Å². The number of hydrogen-bond acceptors (Lipinski definition) is 2. The Morgan fingerprint density at radius 2 is 1.93 bits per heavy atom. The van der Waals surface area contributed by atoms with Crippen molar-refractivity contribution in [3.05, 3.63) is 23.3 Å². The topological polar surface area (TPSA) is 77.8 Å². The van der Waals surface area contributed by atoms with E-state index in [1.165, 1.54) is 12.1 Å². The van der Waals surface area contributed by atoms with Crippen LogP contribution in [0.2, 0.25) is 0 Å². The summed E-state index contributed by atoms with van der Waals surface area (Å²) in [6, 6.07) is 2.67. The van der Waals surface area contributed by atoms with Gasteiger partial charge in [-0.05, 0) is 36.6 Å². The summed E-state index contributed by atoms with van der Waals surface area (Å²) in [6.07, 6.45) is 0.542. The number of hydrogen-bond donors (Lipinski definition) is 3. The van der Waals surface area contributed by atoms with E-state index in [1.54, 1.807) is 6.92 Å². The van der Waals surface area contributed by atoms with Gasteiger partial charge in [-0.15, -0.1) is 0 Å². The van der Waals surface area contributed by atoms with Gasteiger partial charge in [0, 0.05) is 0 Å². The van der Waals surface area contributed by atoms with Crippen LogP contribution in [-0.4, -0.2) is 14.9 Å². The van der Waals surface area contributed by atoms with Crippen LogP contribution in [0.25, 0.3) is 0 Å². The summed E-state index contributed by atoms with van der Waals surface area (Å²) < 4.78 is 11.0. The average Bonchev–Trinajstić information content (AvgIpc) is 2.07. The van der Waals surface area contributed by atoms with E-state index in [9.17, 15) is 9.67 Å². The number of phenolic OH excluding ortho intramolecular Hbond substituents is 1. The minimum atomic E-state index is -4.22. The summed E-state index contributed by atoms with van der Waals surface area (Å²) in [4.78, 5) is 17.9. The average molecular weight is 216 g/mol. The lowest BCUT2D eigenvalue weighted by molar-refractivity contribution is 0.387. The highest BCUT2D eigenvalue weighted by molar-refractivity contribution is 7.60. The Hall–Kier alpha value is -0.830. The van der Waals surface area contributed by atoms with Gasteiger partial charge < -0.3 is 14.9 Å². The van der Waals surface area contributed by atoms with Crippen molar-refractivity contribution in [2.75, 3.05) is 0 Å². The molecular formula is C9H13O4P. The Morgan fingerprint density at radius 3 is 2.36 bits per heavy atom. The van der Waals surface area contributed by atoms with E-state index in [4.69, 9.17) is 9.79 Å². The molecule has 0 aliphatic rings. The molecule has 0 radical (unpaired) electrons. The van der Waals surface area contributed by atoms with Crippen LogP contribution >= 0.6 is 7.60 Å². The molecule has 5 heteroatoms. The first-order valence-corrected chi connectivity index (χ1v) is 5.86. The van der Waals surface area contributed by atoms with Crippen LogP contribution in [0.4, 0.5) is 0 Å². The smallest absolute Gasteiger partial charge is 0.356 e. The summed E-state index contributed by atoms with van der Waals surface area (Å²) in [6.45, 7) is 3.44. The van der Waals surface area contributed by atoms with Crippen LogP contribution in [-0.2, 0) is 11.0 Å². The van der Waals surface area contributed by atoms with E-state index in [2.05, 4.69) is 0 Å². The molecule has 1 rings (SSSR count). The maximum Gasteiger partial charge on any atom is 0.356 e. The first-order chi connectivity index (χ1) is 6.36. The van der Waals surface area contributed by atoms with Gasteiger partial charge in [0.2, 0.25) is 0 Å². The third-order valence-electron chi connectivity index (χ3n) is 2.08. The van der Waals surface area contributed by atoms with Crippen LogP contribution in [0.1, 0.15) is 18.1 Å². The standard InChI is InChI=1S/C9H13O4P/c1-3-7-5-8(14(11,12)13)4-6(2)9(7)10/h4-5,10H,3H2,1-2H3,(H2,11,12,13). The van der Waals surface area contributed by atoms with Crippen molar-refractivity contribution in [1.82, 2.24) is 0 Å². The van der Waals surface area contributed by atoms with Crippen LogP contribution in [0.5, 0.6) is 5.75 Å². The highest BCUT2D eigenvalue weighted by Crippen LogP contribution is 2.35. The zero-order valence-corrected chi connectivity index (χ0v) is 8.95. The van der Waals surface area contributed by atoms with Gasteiger partial charge in [0.25, 0.3) is 0 Å². The number of aryl methyl sites for hydroxylation is 2. The molecule has 1 aromatic carbocycles. The Kier molecular flexibility index (Phi) is 3.00. The highest BCUT2D eigenvalue weighted by Gasteiger charge is 2.19. The van der Waals surface area contributed by atoms with Gasteiger partial charge in [-0.1, -0.05) is 6.92 Å². The monoisotopic (exact) mass is 216 g/mol. The lowest BCUT2D eigenvalue weighted by Gasteiger charge is -2.10. The second-order valence-corrected chi connectivity index (χ2v) is 4.77. The van der Waals surface area contributed by atoms with Crippen molar-refractivity contribution in [1.29, 1.82) is 0 Å². The molecule has 0 aliphatic carbocycles. The highest BCUT2D eigenvalue weighted by atomic mass is 31.2. The van der Waals surface area contributed by atoms with Crippen molar-refractivity contribution in [3.63, 3.8) is 0 Å². The Bertz CT molecular complexity index is 394. The molecule has 78 valence electrons. The minimum absolute atomic E-state index is 0.0374. The molecule has 3 N–H and O–H groups in total. The zero-order chi connectivity index (χ0) is 10.9. The van der Waals surface area contributed by atoms with Gasteiger partial charge in [0.05, 0.1) is 5.30 Å². The van der Waals surface area contributed by atoms with Gasteiger partial charge >= 0.3 is 7.60 Å². The fraction of sp³-hybridized carbons (Fsp3) is 0.333. The first kappa shape index (κ1) is 11.2. The molecule has 4 nitrogen and oxygen atoms in total. The Balaban J connectivity index is 3.38. The van der Waals surface area contributed by atoms with Gasteiger partial charge in [0.15, 0.2) is 0 Å². The van der Waals surface area contributed by atoms with E-state index in [0.29, 0.717) is 17.5 Å². The van der Waals surface area contributed by atoms with Crippen molar-refractivity contribution < 1.29 is 19.5 Å². The molecule has 0 aliphatic heterocycles. The molecule has 0 heterocycles. The predicted octanol–water partition coefficient (Wildman–Crippen LogP) is 1.07. The van der Waals surface area contributed by atoms with Crippen molar-refractivity contribution in [3.8, 4) is 5.75 Å². The van der Waals surface area contributed by atoms with Gasteiger partial charge in [-0.25, -0.2) is 0 Å². The van der Waals surface area contributed by atoms with Crippen LogP contribution in [0.3, 0.4) is 0 Å². The lowest BCUT2D eigenvalue weighted by atomic mass is 10.1. The molecule has 0 bridgehead atoms. The third kappa shape index (κ3) is 2.15. The van der Waals surface area contributed by atoms with Crippen molar-refractivity contribution in [2.45, 2.75) is 20.3 Å². The number of rotatable bonds is 2. The molecule has 0 fully saturated rings. The largest absolute Gasteiger partial charge is 0.507 e. The normalized spacial score (nSPS) is 11.7. The SMILES string of the molecule is CCc1cc(P(=O)(O)O)cc(C)c1O. The maximum atomic E-state index is 11.0. The fourth-order valence-electron chi connectivity index (χ4n) is 1.27. The molecular weight excluding hydrogens is 203 g/mol. The lowest BCUT2D eigenvalue weighted by Crippen LogP contribution is -2.06. The van der Waals surface area contributed by atoms with Crippen LogP contribution in [0, 0.1) is 6.92 Å². The summed E-state index contributed by atoms with van der Waals surface area (Å²) in [5.41, 5.74) is 1.05. The number of aromatic hydroxyl groups is 1. The molecule has 0 amide bonds. The molecule has 0 saturated carbocycles. The van der Waals surface area contributed by atoms with Crippen molar-refractivity contribution >= 4 is 12.9 Å². The predicted molar refractivity (Wildman–Crippen MR) is 53.9 cm³/mol. The number of phenols is 1. The van der Waals surface area contributed by atoms with E-state index < -0.39 is 7.60 Å². The molecule has 0 unspecified atom stereocenters. The zero-order valence-electron chi connectivity index (χ0n) is 8.06. The summed E-state index contributed by atoms with van der Waals surface area (Å²) in [7, 11) is -4.22. The Labute approximate surface area is 82.4 Å². The van der Waals surface area contributed by atoms with Crippen LogP contribution < -0.4 is 5.30 Å². The van der Waals surface area contributed by atoms with E-state index in [-0.39, 0.29) is 11.1 Å². The van der Waals surface area contributed by atoms with Crippen molar-refractivity contribution in [2.24, 2.45) is 0 Å². The minimum Gasteiger partial charge on any atom is -0.507 e. The Morgan fingerprint density at radius 1 is 1.36 bits per heavy atom. The van der Waals surface area contributed by atoms with Gasteiger partial charge in [-0.3, -0.25) is 4.57 Å². The maximum absolute atomic E-state index is 11.0. The second-order valence-electron chi connectivity index (χ2n) is 3.17. The second kappa shape index (κ2) is 3.73. The van der Waals surface area contributed by atoms with Crippen LogP contribution in [0.15, 0.2) is 12.1 Å². The molecule has 0 saturated heterocycles. The molecule has 1 aromatic rings. The third-order valence-corrected chi connectivity index (χ3v) is 3.01. The summed E-state index contributed by atoms with van der Waals surface area (Å²) in [5.74, 6) is 0.115. The molecule has 0 atom stereocenters. The molecule has 0 spiro atoms. The summed E-state index contributed by atoms with van der Waals surface area (Å²) >= 11 is 0. The fourth-order valence-corrected chi connectivity index (χ4v) is 1.96. The molecule has 14 heavy (non-hydrogen) atoms. The van der Waals surface area contributed by atoms with E-state index in [1.807, 2.05) is 6.92 Å².